The van der Waals surface area contributed by atoms with E-state index in [0.29, 0.717) is 12.3 Å². The van der Waals surface area contributed by atoms with E-state index in [1.54, 1.807) is 23.1 Å². The number of rotatable bonds is 7. The van der Waals surface area contributed by atoms with Crippen LogP contribution in [0.15, 0.2) is 54.6 Å². The number of aliphatic hydroxyl groups excluding tert-OH is 1. The van der Waals surface area contributed by atoms with Gasteiger partial charge in [0.15, 0.2) is 0 Å². The number of carbonyl (C=O) groups is 1. The molecular formula is C19H19NO2S2. The molecule has 0 aliphatic rings. The summed E-state index contributed by atoms with van der Waals surface area (Å²) in [6.45, 7) is 0.294. The SMILES string of the molecule is O=C(CSCc1sc2ccccc2c1-c1ccccc1)NCCO. The Morgan fingerprint density at radius 2 is 1.83 bits per heavy atom. The Labute approximate surface area is 149 Å². The lowest BCUT2D eigenvalue weighted by Gasteiger charge is -2.06. The molecule has 0 radical (unpaired) electrons. The lowest BCUT2D eigenvalue weighted by molar-refractivity contribution is -0.118. The molecule has 0 bridgehead atoms. The first-order valence-corrected chi connectivity index (χ1v) is 9.78. The number of hydrogen-bond donors (Lipinski definition) is 2. The third-order valence-electron chi connectivity index (χ3n) is 3.63. The molecular weight excluding hydrogens is 338 g/mol. The highest BCUT2D eigenvalue weighted by atomic mass is 32.2. The summed E-state index contributed by atoms with van der Waals surface area (Å²) in [5, 5.41) is 12.7. The third-order valence-corrected chi connectivity index (χ3v) is 5.94. The van der Waals surface area contributed by atoms with Crippen LogP contribution in [0.1, 0.15) is 4.88 Å². The Hall–Kier alpha value is -1.82. The van der Waals surface area contributed by atoms with Gasteiger partial charge in [0, 0.05) is 32.8 Å². The van der Waals surface area contributed by atoms with E-state index in [1.807, 2.05) is 6.07 Å². The first kappa shape index (κ1) is 17.0. The number of carbonyl (C=O) groups excluding carboxylic acids is 1. The molecule has 3 rings (SSSR count). The van der Waals surface area contributed by atoms with Crippen LogP contribution in [0.5, 0.6) is 0 Å². The van der Waals surface area contributed by atoms with Crippen LogP contribution in [0.3, 0.4) is 0 Å². The van der Waals surface area contributed by atoms with Crippen molar-refractivity contribution in [3.8, 4) is 11.1 Å². The van der Waals surface area contributed by atoms with Gasteiger partial charge in [-0.05, 0) is 11.6 Å². The molecule has 124 valence electrons. The van der Waals surface area contributed by atoms with Gasteiger partial charge in [-0.2, -0.15) is 0 Å². The zero-order valence-electron chi connectivity index (χ0n) is 13.2. The molecule has 0 saturated heterocycles. The third kappa shape index (κ3) is 3.98. The van der Waals surface area contributed by atoms with Gasteiger partial charge in [-0.1, -0.05) is 48.5 Å². The Bertz CT molecular complexity index is 815. The van der Waals surface area contributed by atoms with Gasteiger partial charge in [-0.25, -0.2) is 0 Å². The Morgan fingerprint density at radius 3 is 2.62 bits per heavy atom. The Kier molecular flexibility index (Phi) is 5.91. The number of nitrogens with one attached hydrogen (secondary N) is 1. The summed E-state index contributed by atoms with van der Waals surface area (Å²) in [6, 6.07) is 18.9. The quantitative estimate of drug-likeness (QED) is 0.674. The normalized spacial score (nSPS) is 10.9. The van der Waals surface area contributed by atoms with Crippen molar-refractivity contribution in [1.29, 1.82) is 0 Å². The van der Waals surface area contributed by atoms with Crippen LogP contribution < -0.4 is 5.32 Å². The lowest BCUT2D eigenvalue weighted by atomic mass is 10.0. The van der Waals surface area contributed by atoms with E-state index in [0.717, 1.165) is 5.75 Å². The summed E-state index contributed by atoms with van der Waals surface area (Å²) in [7, 11) is 0. The molecule has 0 saturated carbocycles. The van der Waals surface area contributed by atoms with Crippen molar-refractivity contribution in [2.45, 2.75) is 5.75 Å². The molecule has 24 heavy (non-hydrogen) atoms. The maximum absolute atomic E-state index is 11.7. The van der Waals surface area contributed by atoms with Gasteiger partial charge in [-0.3, -0.25) is 4.79 Å². The second kappa shape index (κ2) is 8.33. The number of hydrogen-bond acceptors (Lipinski definition) is 4. The summed E-state index contributed by atoms with van der Waals surface area (Å²) in [5.41, 5.74) is 2.50. The lowest BCUT2D eigenvalue weighted by Crippen LogP contribution is -2.27. The molecule has 0 unspecified atom stereocenters. The summed E-state index contributed by atoms with van der Waals surface area (Å²) >= 11 is 3.40. The molecule has 3 aromatic rings. The molecule has 0 spiro atoms. The summed E-state index contributed by atoms with van der Waals surface area (Å²) < 4.78 is 1.27. The highest BCUT2D eigenvalue weighted by Gasteiger charge is 2.14. The first-order valence-electron chi connectivity index (χ1n) is 7.80. The molecule has 0 atom stereocenters. The van der Waals surface area contributed by atoms with Crippen LogP contribution in [0.4, 0.5) is 0 Å². The predicted octanol–water partition coefficient (Wildman–Crippen LogP) is 3.91. The van der Waals surface area contributed by atoms with E-state index in [2.05, 4.69) is 53.8 Å². The number of benzene rings is 2. The number of thioether (sulfide) groups is 1. The topological polar surface area (TPSA) is 49.3 Å². The van der Waals surface area contributed by atoms with E-state index in [4.69, 9.17) is 5.11 Å². The largest absolute Gasteiger partial charge is 0.395 e. The average molecular weight is 358 g/mol. The standard InChI is InChI=1S/C19H19NO2S2/c21-11-10-20-18(22)13-23-12-17-19(14-6-2-1-3-7-14)15-8-4-5-9-16(15)24-17/h1-9,21H,10-13H2,(H,20,22). The Morgan fingerprint density at radius 1 is 1.08 bits per heavy atom. The van der Waals surface area contributed by atoms with Gasteiger partial charge in [0.05, 0.1) is 12.4 Å². The van der Waals surface area contributed by atoms with Gasteiger partial charge in [0.1, 0.15) is 0 Å². The molecule has 2 aromatic carbocycles. The van der Waals surface area contributed by atoms with Crippen LogP contribution in [0.25, 0.3) is 21.2 Å². The fraction of sp³-hybridized carbons (Fsp3) is 0.211. The molecule has 1 heterocycles. The van der Waals surface area contributed by atoms with Gasteiger partial charge < -0.3 is 10.4 Å². The van der Waals surface area contributed by atoms with Crippen LogP contribution in [-0.4, -0.2) is 29.9 Å². The second-order valence-corrected chi connectivity index (χ2v) is 7.45. The second-order valence-electron chi connectivity index (χ2n) is 5.33. The van der Waals surface area contributed by atoms with Crippen molar-refractivity contribution in [2.75, 3.05) is 18.9 Å². The van der Waals surface area contributed by atoms with Crippen LogP contribution in [-0.2, 0) is 10.5 Å². The van der Waals surface area contributed by atoms with Crippen molar-refractivity contribution in [3.63, 3.8) is 0 Å². The summed E-state index contributed by atoms with van der Waals surface area (Å²) in [6.07, 6.45) is 0. The number of fused-ring (bicyclic) bond motifs is 1. The predicted molar refractivity (Wildman–Crippen MR) is 104 cm³/mol. The maximum Gasteiger partial charge on any atom is 0.230 e. The van der Waals surface area contributed by atoms with Gasteiger partial charge in [0.25, 0.3) is 0 Å². The number of aliphatic hydroxyl groups is 1. The minimum Gasteiger partial charge on any atom is -0.395 e. The molecule has 3 nitrogen and oxygen atoms in total. The fourth-order valence-electron chi connectivity index (χ4n) is 2.60. The molecule has 2 N–H and O–H groups in total. The van der Waals surface area contributed by atoms with Crippen molar-refractivity contribution < 1.29 is 9.90 Å². The first-order chi connectivity index (χ1) is 11.8. The van der Waals surface area contributed by atoms with Crippen molar-refractivity contribution >= 4 is 39.1 Å². The maximum atomic E-state index is 11.7. The Balaban J connectivity index is 1.81. The molecule has 0 aliphatic carbocycles. The van der Waals surface area contributed by atoms with E-state index in [-0.39, 0.29) is 12.5 Å². The summed E-state index contributed by atoms with van der Waals surface area (Å²) in [4.78, 5) is 13.0. The molecule has 5 heteroatoms. The van der Waals surface area contributed by atoms with Crippen LogP contribution in [0, 0.1) is 0 Å². The van der Waals surface area contributed by atoms with Gasteiger partial charge in [0.2, 0.25) is 5.91 Å². The average Bonchev–Trinajstić information content (AvgIpc) is 2.99. The van der Waals surface area contributed by atoms with E-state index < -0.39 is 0 Å². The number of amides is 1. The van der Waals surface area contributed by atoms with Crippen LogP contribution in [0.2, 0.25) is 0 Å². The molecule has 0 aliphatic heterocycles. The fourth-order valence-corrected chi connectivity index (χ4v) is 4.83. The van der Waals surface area contributed by atoms with E-state index >= 15 is 0 Å². The zero-order valence-corrected chi connectivity index (χ0v) is 14.8. The highest BCUT2D eigenvalue weighted by molar-refractivity contribution is 7.99. The monoisotopic (exact) mass is 357 g/mol. The molecule has 0 fully saturated rings. The van der Waals surface area contributed by atoms with E-state index in [1.165, 1.54) is 26.1 Å². The zero-order chi connectivity index (χ0) is 16.8. The van der Waals surface area contributed by atoms with Crippen molar-refractivity contribution in [1.82, 2.24) is 5.32 Å². The van der Waals surface area contributed by atoms with E-state index in [9.17, 15) is 4.79 Å². The summed E-state index contributed by atoms with van der Waals surface area (Å²) in [5.74, 6) is 1.18. The highest BCUT2D eigenvalue weighted by Crippen LogP contribution is 2.40. The van der Waals surface area contributed by atoms with Crippen molar-refractivity contribution in [3.05, 3.63) is 59.5 Å². The molecule has 1 amide bonds. The molecule has 1 aromatic heterocycles. The van der Waals surface area contributed by atoms with Crippen molar-refractivity contribution in [2.24, 2.45) is 0 Å². The minimum atomic E-state index is -0.0311. The van der Waals surface area contributed by atoms with Crippen LogP contribution >= 0.6 is 23.1 Å². The minimum absolute atomic E-state index is 0.0229. The van der Waals surface area contributed by atoms with Gasteiger partial charge in [-0.15, -0.1) is 23.1 Å². The van der Waals surface area contributed by atoms with Gasteiger partial charge >= 0.3 is 0 Å². The number of thiophene rings is 1. The smallest absolute Gasteiger partial charge is 0.230 e.